The Morgan fingerprint density at radius 1 is 1.36 bits per heavy atom. The van der Waals surface area contributed by atoms with Crippen molar-refractivity contribution in [1.29, 1.82) is 0 Å². The predicted octanol–water partition coefficient (Wildman–Crippen LogP) is 3.34. The summed E-state index contributed by atoms with van der Waals surface area (Å²) in [6, 6.07) is 8.49. The van der Waals surface area contributed by atoms with Crippen LogP contribution < -0.4 is 0 Å². The third-order valence-electron chi connectivity index (χ3n) is 4.22. The van der Waals surface area contributed by atoms with Gasteiger partial charge < -0.3 is 5.11 Å². The minimum atomic E-state index is -0.680. The zero-order valence-electron chi connectivity index (χ0n) is 12.6. The third kappa shape index (κ3) is 3.20. The van der Waals surface area contributed by atoms with Crippen molar-refractivity contribution in [3.8, 4) is 0 Å². The van der Waals surface area contributed by atoms with Crippen LogP contribution in [0.1, 0.15) is 34.2 Å². The first-order valence-corrected chi connectivity index (χ1v) is 8.40. The van der Waals surface area contributed by atoms with Crippen LogP contribution in [0.2, 0.25) is 0 Å². The van der Waals surface area contributed by atoms with E-state index < -0.39 is 5.97 Å². The first-order chi connectivity index (χ1) is 10.6. The van der Waals surface area contributed by atoms with E-state index in [1.807, 2.05) is 12.1 Å². The molecule has 2 aromatic rings. The number of aliphatic carboxylic acids is 1. The molecule has 2 aromatic heterocycles. The van der Waals surface area contributed by atoms with Crippen molar-refractivity contribution in [2.75, 3.05) is 13.1 Å². The van der Waals surface area contributed by atoms with Crippen LogP contribution in [0.5, 0.6) is 0 Å². The second kappa shape index (κ2) is 6.58. The number of piperidine rings is 1. The first kappa shape index (κ1) is 15.2. The zero-order chi connectivity index (χ0) is 15.5. The van der Waals surface area contributed by atoms with Gasteiger partial charge in [0, 0.05) is 28.7 Å². The Morgan fingerprint density at radius 3 is 2.77 bits per heavy atom. The van der Waals surface area contributed by atoms with Gasteiger partial charge in [0.15, 0.2) is 0 Å². The summed E-state index contributed by atoms with van der Waals surface area (Å²) in [4.78, 5) is 20.3. The number of carboxylic acids is 1. The molecular formula is C17H20N2O2S. The fourth-order valence-electron chi connectivity index (χ4n) is 3.14. The predicted molar refractivity (Wildman–Crippen MR) is 87.1 cm³/mol. The monoisotopic (exact) mass is 316 g/mol. The van der Waals surface area contributed by atoms with Crippen LogP contribution in [0.4, 0.5) is 0 Å². The van der Waals surface area contributed by atoms with Gasteiger partial charge in [-0.25, -0.2) is 0 Å². The average Bonchev–Trinajstić information content (AvgIpc) is 2.95. The number of rotatable bonds is 4. The number of carboxylic acid groups (broad SMARTS) is 1. The Bertz CT molecular complexity index is 641. The lowest BCUT2D eigenvalue weighted by Gasteiger charge is -2.36. The van der Waals surface area contributed by atoms with Crippen molar-refractivity contribution >= 4 is 17.3 Å². The number of nitrogens with zero attached hydrogens (tertiary/aromatic N) is 2. The summed E-state index contributed by atoms with van der Waals surface area (Å²) in [5.74, 6) is -0.945. The number of hydrogen-bond acceptors (Lipinski definition) is 4. The van der Waals surface area contributed by atoms with Gasteiger partial charge in [0.1, 0.15) is 0 Å². The largest absolute Gasteiger partial charge is 0.481 e. The maximum absolute atomic E-state index is 11.4. The smallest absolute Gasteiger partial charge is 0.307 e. The molecule has 1 aliphatic rings. The molecule has 0 aliphatic carbocycles. The highest BCUT2D eigenvalue weighted by atomic mass is 32.1. The van der Waals surface area contributed by atoms with E-state index in [-0.39, 0.29) is 12.0 Å². The van der Waals surface area contributed by atoms with Crippen LogP contribution in [0.3, 0.4) is 0 Å². The van der Waals surface area contributed by atoms with Crippen LogP contribution in [0.15, 0.2) is 36.7 Å². The van der Waals surface area contributed by atoms with E-state index in [1.54, 1.807) is 23.7 Å². The molecular weight excluding hydrogens is 296 g/mol. The van der Waals surface area contributed by atoms with Gasteiger partial charge in [-0.3, -0.25) is 14.7 Å². The molecule has 0 spiro atoms. The standard InChI is InChI=1S/C17H20N2O2S/c1-12-4-5-15(22-12)16(13-6-8-18-9-7-13)19-10-2-3-14(11-19)17(20)21/h4-9,14,16H,2-3,10-11H2,1H3,(H,20,21). The molecule has 1 fully saturated rings. The van der Waals surface area contributed by atoms with E-state index in [0.29, 0.717) is 6.54 Å². The Hall–Kier alpha value is -1.72. The lowest BCUT2D eigenvalue weighted by molar-refractivity contribution is -0.143. The van der Waals surface area contributed by atoms with Gasteiger partial charge >= 0.3 is 5.97 Å². The second-order valence-corrected chi connectivity index (χ2v) is 7.12. The molecule has 116 valence electrons. The van der Waals surface area contributed by atoms with Crippen LogP contribution in [-0.4, -0.2) is 34.0 Å². The first-order valence-electron chi connectivity index (χ1n) is 7.58. The number of thiophene rings is 1. The summed E-state index contributed by atoms with van der Waals surface area (Å²) in [7, 11) is 0. The topological polar surface area (TPSA) is 53.4 Å². The van der Waals surface area contributed by atoms with Crippen LogP contribution in [0, 0.1) is 12.8 Å². The van der Waals surface area contributed by atoms with E-state index >= 15 is 0 Å². The Kier molecular flexibility index (Phi) is 4.55. The number of pyridine rings is 1. The Morgan fingerprint density at radius 2 is 2.14 bits per heavy atom. The van der Waals surface area contributed by atoms with E-state index in [0.717, 1.165) is 19.4 Å². The van der Waals surface area contributed by atoms with Crippen molar-refractivity contribution < 1.29 is 9.90 Å². The van der Waals surface area contributed by atoms with Crippen LogP contribution in [0.25, 0.3) is 0 Å². The molecule has 0 bridgehead atoms. The lowest BCUT2D eigenvalue weighted by atomic mass is 9.94. The fraction of sp³-hybridized carbons (Fsp3) is 0.412. The van der Waals surface area contributed by atoms with Crippen LogP contribution in [-0.2, 0) is 4.79 Å². The summed E-state index contributed by atoms with van der Waals surface area (Å²) < 4.78 is 0. The molecule has 22 heavy (non-hydrogen) atoms. The van der Waals surface area contributed by atoms with Gasteiger partial charge in [-0.1, -0.05) is 0 Å². The van der Waals surface area contributed by atoms with Crippen molar-refractivity contribution in [1.82, 2.24) is 9.88 Å². The van der Waals surface area contributed by atoms with E-state index in [1.165, 1.54) is 15.3 Å². The Labute approximate surface area is 134 Å². The summed E-state index contributed by atoms with van der Waals surface area (Å²) in [5.41, 5.74) is 1.18. The minimum Gasteiger partial charge on any atom is -0.481 e. The van der Waals surface area contributed by atoms with E-state index in [2.05, 4.69) is 28.9 Å². The quantitative estimate of drug-likeness (QED) is 0.940. The summed E-state index contributed by atoms with van der Waals surface area (Å²) in [5, 5.41) is 9.35. The van der Waals surface area contributed by atoms with Gasteiger partial charge in [0.25, 0.3) is 0 Å². The van der Waals surface area contributed by atoms with Crippen molar-refractivity contribution in [2.45, 2.75) is 25.8 Å². The highest BCUT2D eigenvalue weighted by Gasteiger charge is 2.31. The summed E-state index contributed by atoms with van der Waals surface area (Å²) in [6.45, 7) is 3.65. The summed E-state index contributed by atoms with van der Waals surface area (Å²) in [6.07, 6.45) is 5.32. The highest BCUT2D eigenvalue weighted by Crippen LogP contribution is 2.35. The zero-order valence-corrected chi connectivity index (χ0v) is 13.4. The van der Waals surface area contributed by atoms with E-state index in [4.69, 9.17) is 0 Å². The molecule has 2 unspecified atom stereocenters. The fourth-order valence-corrected chi connectivity index (χ4v) is 4.18. The van der Waals surface area contributed by atoms with Crippen molar-refractivity contribution in [2.24, 2.45) is 5.92 Å². The lowest BCUT2D eigenvalue weighted by Crippen LogP contribution is -2.41. The molecule has 0 radical (unpaired) electrons. The van der Waals surface area contributed by atoms with Gasteiger partial charge in [-0.05, 0) is 56.1 Å². The summed E-state index contributed by atoms with van der Waals surface area (Å²) >= 11 is 1.78. The van der Waals surface area contributed by atoms with Crippen molar-refractivity contribution in [3.63, 3.8) is 0 Å². The molecule has 4 nitrogen and oxygen atoms in total. The third-order valence-corrected chi connectivity index (χ3v) is 5.27. The number of aryl methyl sites for hydroxylation is 1. The molecule has 1 N–H and O–H groups in total. The number of likely N-dealkylation sites (tertiary alicyclic amines) is 1. The van der Waals surface area contributed by atoms with Crippen molar-refractivity contribution in [3.05, 3.63) is 52.0 Å². The van der Waals surface area contributed by atoms with Gasteiger partial charge in [-0.15, -0.1) is 11.3 Å². The normalized spacial score (nSPS) is 20.7. The maximum atomic E-state index is 11.4. The number of aromatic nitrogens is 1. The number of hydrogen-bond donors (Lipinski definition) is 1. The maximum Gasteiger partial charge on any atom is 0.307 e. The molecule has 3 rings (SSSR count). The SMILES string of the molecule is Cc1ccc(C(c2ccncc2)N2CCCC(C(=O)O)C2)s1. The molecule has 3 heterocycles. The van der Waals surface area contributed by atoms with Gasteiger partial charge in [0.2, 0.25) is 0 Å². The highest BCUT2D eigenvalue weighted by molar-refractivity contribution is 7.12. The molecule has 1 saturated heterocycles. The molecule has 0 amide bonds. The molecule has 0 saturated carbocycles. The average molecular weight is 316 g/mol. The molecule has 1 aliphatic heterocycles. The molecule has 5 heteroatoms. The number of carbonyl (C=O) groups is 1. The molecule has 0 aromatic carbocycles. The van der Waals surface area contributed by atoms with Crippen LogP contribution >= 0.6 is 11.3 Å². The molecule has 2 atom stereocenters. The second-order valence-electron chi connectivity index (χ2n) is 5.80. The van der Waals surface area contributed by atoms with E-state index in [9.17, 15) is 9.90 Å². The Balaban J connectivity index is 1.93. The van der Waals surface area contributed by atoms with Gasteiger partial charge in [0.05, 0.1) is 12.0 Å². The minimum absolute atomic E-state index is 0.129. The van der Waals surface area contributed by atoms with Gasteiger partial charge in [-0.2, -0.15) is 0 Å².